The van der Waals surface area contributed by atoms with E-state index in [2.05, 4.69) is 4.98 Å². The van der Waals surface area contributed by atoms with Crippen LogP contribution < -0.4 is 11.2 Å². The maximum atomic E-state index is 12.9. The second kappa shape index (κ2) is 6.15. The maximum Gasteiger partial charge on any atom is 0.346 e. The Morgan fingerprint density at radius 2 is 1.96 bits per heavy atom. The first-order chi connectivity index (χ1) is 11.9. The van der Waals surface area contributed by atoms with Gasteiger partial charge < -0.3 is 14.4 Å². The lowest BCUT2D eigenvalue weighted by Gasteiger charge is -2.23. The standard InChI is InChI=1S/C14H21N4O6P/c1-9-7-18(14(21)15-13(9)20)12-6-10(19)11(24-12)8-23-25(22,16-2-3-16)17-4-5-17/h7,10-12,19H,2-6,8H2,1H3,(H,15,20,21)/t10-,11+,12+/m0/s1. The molecule has 11 heteroatoms. The fourth-order valence-corrected chi connectivity index (χ4v) is 5.16. The zero-order chi connectivity index (χ0) is 17.8. The second-order valence-electron chi connectivity index (χ2n) is 6.60. The van der Waals surface area contributed by atoms with Crippen LogP contribution in [0.15, 0.2) is 15.8 Å². The number of aromatic amines is 1. The van der Waals surface area contributed by atoms with Gasteiger partial charge in [-0.2, -0.15) is 0 Å². The zero-order valence-electron chi connectivity index (χ0n) is 13.8. The van der Waals surface area contributed by atoms with E-state index in [0.29, 0.717) is 5.56 Å². The van der Waals surface area contributed by atoms with Crippen molar-refractivity contribution in [1.82, 2.24) is 18.9 Å². The van der Waals surface area contributed by atoms with Crippen molar-refractivity contribution < 1.29 is 18.9 Å². The Labute approximate surface area is 143 Å². The molecule has 138 valence electrons. The number of aliphatic hydroxyl groups excluding tert-OH is 1. The number of hydrogen-bond donors (Lipinski definition) is 2. The predicted octanol–water partition coefficient (Wildman–Crippen LogP) is -0.751. The summed E-state index contributed by atoms with van der Waals surface area (Å²) in [7, 11) is -2.98. The Kier molecular flexibility index (Phi) is 4.22. The van der Waals surface area contributed by atoms with Gasteiger partial charge in [-0.25, -0.2) is 14.1 Å². The summed E-state index contributed by atoms with van der Waals surface area (Å²) in [5.74, 6) is 0. The number of hydrogen-bond acceptors (Lipinski definition) is 6. The summed E-state index contributed by atoms with van der Waals surface area (Å²) in [5.41, 5.74) is -0.657. The van der Waals surface area contributed by atoms with E-state index in [0.717, 1.165) is 26.2 Å². The minimum atomic E-state index is -2.98. The van der Waals surface area contributed by atoms with E-state index in [1.165, 1.54) is 10.8 Å². The van der Waals surface area contributed by atoms with E-state index in [4.69, 9.17) is 9.26 Å². The van der Waals surface area contributed by atoms with Gasteiger partial charge in [-0.3, -0.25) is 18.9 Å². The number of nitrogens with zero attached hydrogens (tertiary/aromatic N) is 3. The molecule has 3 saturated heterocycles. The number of ether oxygens (including phenoxy) is 1. The first kappa shape index (κ1) is 17.1. The second-order valence-corrected chi connectivity index (χ2v) is 8.98. The van der Waals surface area contributed by atoms with Crippen LogP contribution in [0.5, 0.6) is 0 Å². The third kappa shape index (κ3) is 3.25. The lowest BCUT2D eigenvalue weighted by molar-refractivity contribution is -0.0421. The number of aromatic nitrogens is 2. The van der Waals surface area contributed by atoms with Crippen molar-refractivity contribution in [3.8, 4) is 0 Å². The minimum absolute atomic E-state index is 0.0149. The number of H-pyrrole nitrogens is 1. The molecule has 0 bridgehead atoms. The molecule has 2 N–H and O–H groups in total. The molecular weight excluding hydrogens is 351 g/mol. The van der Waals surface area contributed by atoms with E-state index >= 15 is 0 Å². The Morgan fingerprint density at radius 3 is 2.56 bits per heavy atom. The van der Waals surface area contributed by atoms with Crippen molar-refractivity contribution in [2.45, 2.75) is 31.8 Å². The summed E-state index contributed by atoms with van der Waals surface area (Å²) in [5, 5.41) is 10.2. The number of rotatable bonds is 6. The smallest absolute Gasteiger partial charge is 0.346 e. The molecule has 0 aromatic carbocycles. The van der Waals surface area contributed by atoms with Gasteiger partial charge in [0, 0.05) is 44.4 Å². The van der Waals surface area contributed by atoms with Crippen molar-refractivity contribution in [3.63, 3.8) is 0 Å². The molecule has 1 aromatic rings. The molecule has 0 aliphatic carbocycles. The average molecular weight is 372 g/mol. The Balaban J connectivity index is 1.45. The van der Waals surface area contributed by atoms with E-state index in [9.17, 15) is 19.3 Å². The van der Waals surface area contributed by atoms with E-state index in [1.54, 1.807) is 16.3 Å². The molecule has 0 amide bonds. The Bertz CT molecular complexity index is 813. The molecule has 0 unspecified atom stereocenters. The van der Waals surface area contributed by atoms with Gasteiger partial charge in [-0.05, 0) is 6.92 Å². The topological polar surface area (TPSA) is 117 Å². The summed E-state index contributed by atoms with van der Waals surface area (Å²) < 4.78 is 29.1. The fraction of sp³-hybridized carbons (Fsp3) is 0.714. The van der Waals surface area contributed by atoms with Crippen LogP contribution in [0, 0.1) is 6.92 Å². The Morgan fingerprint density at radius 1 is 1.32 bits per heavy atom. The van der Waals surface area contributed by atoms with Crippen LogP contribution in [0.2, 0.25) is 0 Å². The van der Waals surface area contributed by atoms with Gasteiger partial charge in [-0.1, -0.05) is 0 Å². The van der Waals surface area contributed by atoms with Crippen LogP contribution in [0.4, 0.5) is 0 Å². The SMILES string of the molecule is Cc1cn([C@H]2C[C@H](O)[C@@H](COP(=O)(N3CC3)N3CC3)O2)c(=O)[nH]c1=O. The molecular formula is C14H21N4O6P. The zero-order valence-corrected chi connectivity index (χ0v) is 14.7. The Hall–Kier alpha value is -1.29. The van der Waals surface area contributed by atoms with E-state index in [1.807, 2.05) is 0 Å². The maximum absolute atomic E-state index is 12.9. The number of nitrogens with one attached hydrogen (secondary N) is 1. The predicted molar refractivity (Wildman–Crippen MR) is 87.3 cm³/mol. The quantitative estimate of drug-likeness (QED) is 0.495. The molecule has 3 fully saturated rings. The van der Waals surface area contributed by atoms with E-state index in [-0.39, 0.29) is 13.0 Å². The monoisotopic (exact) mass is 372 g/mol. The minimum Gasteiger partial charge on any atom is -0.390 e. The van der Waals surface area contributed by atoms with Crippen LogP contribution in [-0.4, -0.2) is 69.0 Å². The van der Waals surface area contributed by atoms with Crippen molar-refractivity contribution in [3.05, 3.63) is 32.6 Å². The lowest BCUT2D eigenvalue weighted by Crippen LogP contribution is -2.33. The van der Waals surface area contributed by atoms with E-state index < -0.39 is 37.4 Å². The summed E-state index contributed by atoms with van der Waals surface area (Å²) in [6.45, 7) is 4.56. The first-order valence-electron chi connectivity index (χ1n) is 8.29. The largest absolute Gasteiger partial charge is 0.390 e. The molecule has 3 aliphatic rings. The molecule has 10 nitrogen and oxygen atoms in total. The summed E-state index contributed by atoms with van der Waals surface area (Å²) in [4.78, 5) is 25.6. The average Bonchev–Trinajstić information content (AvgIpc) is 3.45. The highest BCUT2D eigenvalue weighted by Crippen LogP contribution is 2.61. The number of aliphatic hydroxyl groups is 1. The van der Waals surface area contributed by atoms with Crippen LogP contribution in [0.3, 0.4) is 0 Å². The summed E-state index contributed by atoms with van der Waals surface area (Å²) >= 11 is 0. The molecule has 0 saturated carbocycles. The van der Waals surface area contributed by atoms with Crippen molar-refractivity contribution in [2.75, 3.05) is 32.8 Å². The van der Waals surface area contributed by atoms with Gasteiger partial charge in [-0.15, -0.1) is 0 Å². The molecule has 4 heterocycles. The highest BCUT2D eigenvalue weighted by Gasteiger charge is 2.50. The third-order valence-electron chi connectivity index (χ3n) is 4.63. The van der Waals surface area contributed by atoms with Crippen molar-refractivity contribution in [2.24, 2.45) is 0 Å². The fourth-order valence-electron chi connectivity index (χ4n) is 2.94. The highest BCUT2D eigenvalue weighted by molar-refractivity contribution is 7.54. The van der Waals surface area contributed by atoms with Crippen LogP contribution >= 0.6 is 7.67 Å². The van der Waals surface area contributed by atoms with Crippen LogP contribution in [0.25, 0.3) is 0 Å². The molecule has 0 radical (unpaired) electrons. The van der Waals surface area contributed by atoms with Gasteiger partial charge in [0.1, 0.15) is 12.3 Å². The van der Waals surface area contributed by atoms with Gasteiger partial charge in [0.15, 0.2) is 0 Å². The normalized spacial score (nSPS) is 29.9. The van der Waals surface area contributed by atoms with Gasteiger partial charge in [0.2, 0.25) is 0 Å². The highest BCUT2D eigenvalue weighted by atomic mass is 31.2. The molecule has 1 aromatic heterocycles. The van der Waals surface area contributed by atoms with Crippen LogP contribution in [0.1, 0.15) is 18.2 Å². The number of aryl methyl sites for hydroxylation is 1. The van der Waals surface area contributed by atoms with Gasteiger partial charge in [0.25, 0.3) is 5.56 Å². The van der Waals surface area contributed by atoms with Gasteiger partial charge >= 0.3 is 13.4 Å². The molecule has 3 atom stereocenters. The molecule has 3 aliphatic heterocycles. The molecule has 25 heavy (non-hydrogen) atoms. The molecule has 4 rings (SSSR count). The van der Waals surface area contributed by atoms with Gasteiger partial charge in [0.05, 0.1) is 12.7 Å². The third-order valence-corrected chi connectivity index (χ3v) is 7.34. The first-order valence-corrected chi connectivity index (χ1v) is 9.82. The molecule has 0 spiro atoms. The van der Waals surface area contributed by atoms with Crippen LogP contribution in [-0.2, 0) is 13.8 Å². The summed E-state index contributed by atoms with van der Waals surface area (Å²) in [6, 6.07) is 0. The van der Waals surface area contributed by atoms with Crippen molar-refractivity contribution in [1.29, 1.82) is 0 Å². The van der Waals surface area contributed by atoms with Crippen molar-refractivity contribution >= 4 is 7.67 Å². The lowest BCUT2D eigenvalue weighted by atomic mass is 10.2. The summed E-state index contributed by atoms with van der Waals surface area (Å²) in [6.07, 6.45) is -0.623.